The van der Waals surface area contributed by atoms with Crippen molar-refractivity contribution in [2.75, 3.05) is 23.4 Å². The number of hydrogen-bond donors (Lipinski definition) is 2. The van der Waals surface area contributed by atoms with Crippen molar-refractivity contribution >= 4 is 23.2 Å². The van der Waals surface area contributed by atoms with Crippen molar-refractivity contribution in [2.45, 2.75) is 58.9 Å². The first-order chi connectivity index (χ1) is 12.6. The summed E-state index contributed by atoms with van der Waals surface area (Å²) in [6.07, 6.45) is 3.76. The fraction of sp³-hybridized carbons (Fsp3) is 0.619. The minimum Gasteiger partial charge on any atom is -0.490 e. The summed E-state index contributed by atoms with van der Waals surface area (Å²) in [5.41, 5.74) is 6.77. The number of rotatable bonds is 2. The molecule has 2 aliphatic rings. The molecule has 2 atom stereocenters. The van der Waals surface area contributed by atoms with Gasteiger partial charge in [-0.2, -0.15) is 0 Å². The normalized spacial score (nSPS) is 25.4. The van der Waals surface area contributed by atoms with Gasteiger partial charge in [-0.1, -0.05) is 33.6 Å². The maximum atomic E-state index is 12.8. The highest BCUT2D eigenvalue weighted by molar-refractivity contribution is 6.00. The summed E-state index contributed by atoms with van der Waals surface area (Å²) in [7, 11) is 0. The number of carbonyl (C=O) groups excluding carboxylic acids is 2. The second kappa shape index (κ2) is 7.15. The fourth-order valence-electron chi connectivity index (χ4n) is 3.93. The molecule has 27 heavy (non-hydrogen) atoms. The van der Waals surface area contributed by atoms with Gasteiger partial charge in [0.05, 0.1) is 18.2 Å². The first kappa shape index (κ1) is 19.7. The lowest BCUT2D eigenvalue weighted by atomic mass is 9.74. The van der Waals surface area contributed by atoms with Crippen LogP contribution in [0, 0.1) is 11.3 Å². The zero-order chi connectivity index (χ0) is 19.8. The van der Waals surface area contributed by atoms with Gasteiger partial charge >= 0.3 is 0 Å². The van der Waals surface area contributed by atoms with E-state index in [1.54, 1.807) is 4.90 Å². The summed E-state index contributed by atoms with van der Waals surface area (Å²) < 4.78 is 5.70. The molecular weight excluding hydrogens is 342 g/mol. The molecule has 3 N–H and O–H groups in total. The zero-order valence-electron chi connectivity index (χ0n) is 16.8. The Bertz CT molecular complexity index is 737. The van der Waals surface area contributed by atoms with Gasteiger partial charge in [-0.25, -0.2) is 0 Å². The van der Waals surface area contributed by atoms with Crippen molar-refractivity contribution in [1.82, 2.24) is 0 Å². The number of hydrogen-bond acceptors (Lipinski definition) is 4. The summed E-state index contributed by atoms with van der Waals surface area (Å²) >= 11 is 0. The largest absolute Gasteiger partial charge is 0.490 e. The summed E-state index contributed by atoms with van der Waals surface area (Å²) in [4.78, 5) is 27.4. The lowest BCUT2D eigenvalue weighted by Gasteiger charge is -2.37. The minimum atomic E-state index is -0.489. The molecule has 6 heteroatoms. The number of carbonyl (C=O) groups is 2. The van der Waals surface area contributed by atoms with Crippen LogP contribution in [-0.4, -0.2) is 30.5 Å². The van der Waals surface area contributed by atoms with Gasteiger partial charge in [-0.15, -0.1) is 0 Å². The number of fused-ring (bicyclic) bond motifs is 1. The Morgan fingerprint density at radius 1 is 1.30 bits per heavy atom. The molecule has 0 radical (unpaired) electrons. The highest BCUT2D eigenvalue weighted by Gasteiger charge is 2.38. The van der Waals surface area contributed by atoms with Crippen LogP contribution in [0.15, 0.2) is 18.2 Å². The molecule has 1 aromatic rings. The average Bonchev–Trinajstić information content (AvgIpc) is 2.59. The molecule has 6 nitrogen and oxygen atoms in total. The number of nitrogens with one attached hydrogen (secondary N) is 1. The van der Waals surface area contributed by atoms with Gasteiger partial charge in [0.1, 0.15) is 12.4 Å². The van der Waals surface area contributed by atoms with E-state index in [2.05, 4.69) is 5.32 Å². The topological polar surface area (TPSA) is 84.7 Å². The van der Waals surface area contributed by atoms with Gasteiger partial charge in [0.2, 0.25) is 11.8 Å². The van der Waals surface area contributed by atoms with Crippen LogP contribution in [0.5, 0.6) is 5.75 Å². The Morgan fingerprint density at radius 3 is 2.70 bits per heavy atom. The summed E-state index contributed by atoms with van der Waals surface area (Å²) in [6, 6.07) is 5.46. The van der Waals surface area contributed by atoms with Crippen molar-refractivity contribution in [3.63, 3.8) is 0 Å². The van der Waals surface area contributed by atoms with Crippen molar-refractivity contribution in [3.8, 4) is 5.75 Å². The molecule has 0 spiro atoms. The number of anilines is 2. The van der Waals surface area contributed by atoms with Crippen molar-refractivity contribution in [3.05, 3.63) is 18.2 Å². The number of amides is 2. The predicted octanol–water partition coefficient (Wildman–Crippen LogP) is 3.30. The molecule has 0 aromatic heterocycles. The third-order valence-corrected chi connectivity index (χ3v) is 5.55. The van der Waals surface area contributed by atoms with E-state index in [1.165, 1.54) is 0 Å². The van der Waals surface area contributed by atoms with Crippen LogP contribution in [0.4, 0.5) is 11.4 Å². The van der Waals surface area contributed by atoms with Crippen LogP contribution >= 0.6 is 0 Å². The zero-order valence-corrected chi connectivity index (χ0v) is 16.8. The summed E-state index contributed by atoms with van der Waals surface area (Å²) in [5.74, 6) is 0.450. The fourth-order valence-corrected chi connectivity index (χ4v) is 3.93. The lowest BCUT2D eigenvalue weighted by Crippen LogP contribution is -2.51. The Balaban J connectivity index is 1.82. The van der Waals surface area contributed by atoms with Gasteiger partial charge in [-0.05, 0) is 38.0 Å². The van der Waals surface area contributed by atoms with Crippen molar-refractivity contribution in [1.29, 1.82) is 0 Å². The van der Waals surface area contributed by atoms with Crippen molar-refractivity contribution < 1.29 is 14.3 Å². The van der Waals surface area contributed by atoms with E-state index in [4.69, 9.17) is 10.5 Å². The molecule has 1 aliphatic carbocycles. The molecule has 0 bridgehead atoms. The predicted molar refractivity (Wildman–Crippen MR) is 107 cm³/mol. The third-order valence-electron chi connectivity index (χ3n) is 5.55. The molecule has 1 aromatic carbocycles. The smallest absolute Gasteiger partial charge is 0.232 e. The minimum absolute atomic E-state index is 0.0392. The van der Waals surface area contributed by atoms with Crippen molar-refractivity contribution in [2.24, 2.45) is 17.1 Å². The first-order valence-corrected chi connectivity index (χ1v) is 9.78. The van der Waals surface area contributed by atoms with Crippen LogP contribution in [0.1, 0.15) is 53.4 Å². The van der Waals surface area contributed by atoms with E-state index in [0.717, 1.165) is 25.7 Å². The first-order valence-electron chi connectivity index (χ1n) is 9.78. The van der Waals surface area contributed by atoms with E-state index in [-0.39, 0.29) is 17.7 Å². The molecular formula is C21H31N3O3. The number of nitrogens with two attached hydrogens (primary N) is 1. The maximum Gasteiger partial charge on any atom is 0.232 e. The number of benzene rings is 1. The van der Waals surface area contributed by atoms with E-state index < -0.39 is 11.0 Å². The van der Waals surface area contributed by atoms with Crippen LogP contribution in [0.25, 0.3) is 0 Å². The molecule has 1 aliphatic heterocycles. The number of ether oxygens (including phenoxy) is 1. The molecule has 2 amide bonds. The molecule has 148 valence electrons. The molecule has 3 rings (SSSR count). The van der Waals surface area contributed by atoms with E-state index >= 15 is 0 Å². The molecule has 1 saturated carbocycles. The third kappa shape index (κ3) is 4.10. The monoisotopic (exact) mass is 373 g/mol. The SMILES string of the molecule is CC(C)(C)C(=O)N1CCOc2ccc(NC(=O)C3CCCCC3(C)N)cc21. The summed E-state index contributed by atoms with van der Waals surface area (Å²) in [6.45, 7) is 8.64. The molecule has 2 unspecified atom stereocenters. The highest BCUT2D eigenvalue weighted by Crippen LogP contribution is 2.37. The molecule has 0 saturated heterocycles. The average molecular weight is 373 g/mol. The van der Waals surface area contributed by atoms with E-state index in [0.29, 0.717) is 30.3 Å². The highest BCUT2D eigenvalue weighted by atomic mass is 16.5. The van der Waals surface area contributed by atoms with E-state index in [1.807, 2.05) is 45.9 Å². The number of nitrogens with zero attached hydrogens (tertiary/aromatic N) is 1. The molecule has 1 fully saturated rings. The standard InChI is InChI=1S/C21H31N3O3/c1-20(2,3)19(26)24-11-12-27-17-9-8-14(13-16(17)24)23-18(25)15-7-5-6-10-21(15,4)22/h8-9,13,15H,5-7,10-12,22H2,1-4H3,(H,23,25). The second-order valence-electron chi connectivity index (χ2n) is 9.03. The molecule has 1 heterocycles. The maximum absolute atomic E-state index is 12.8. The Morgan fingerprint density at radius 2 is 2.04 bits per heavy atom. The van der Waals surface area contributed by atoms with Gasteiger partial charge < -0.3 is 20.7 Å². The van der Waals surface area contributed by atoms with Gasteiger partial charge in [0, 0.05) is 16.6 Å². The lowest BCUT2D eigenvalue weighted by molar-refractivity contribution is -0.126. The Labute approximate surface area is 161 Å². The van der Waals surface area contributed by atoms with Gasteiger partial charge in [-0.3, -0.25) is 9.59 Å². The van der Waals surface area contributed by atoms with Crippen LogP contribution in [0.3, 0.4) is 0 Å². The Hall–Kier alpha value is -2.08. The quantitative estimate of drug-likeness (QED) is 0.833. The van der Waals surface area contributed by atoms with Gasteiger partial charge in [0.15, 0.2) is 0 Å². The van der Waals surface area contributed by atoms with Crippen LogP contribution < -0.4 is 20.7 Å². The Kier molecular flexibility index (Phi) is 5.21. The second-order valence-corrected chi connectivity index (χ2v) is 9.03. The summed E-state index contributed by atoms with van der Waals surface area (Å²) in [5, 5.41) is 3.00. The van der Waals surface area contributed by atoms with E-state index in [9.17, 15) is 9.59 Å². The van der Waals surface area contributed by atoms with Gasteiger partial charge in [0.25, 0.3) is 0 Å². The van der Waals surface area contributed by atoms with Crippen LogP contribution in [-0.2, 0) is 9.59 Å². The van der Waals surface area contributed by atoms with Crippen LogP contribution in [0.2, 0.25) is 0 Å².